The Kier molecular flexibility index (Phi) is 5.36. The Hall–Kier alpha value is -3.81. The van der Waals surface area contributed by atoms with Crippen LogP contribution in [-0.2, 0) is 14.3 Å². The summed E-state index contributed by atoms with van der Waals surface area (Å²) in [5.74, 6) is -1.35. The fraction of sp³-hybridized carbons (Fsp3) is 0.105. The number of amides is 2. The second kappa shape index (κ2) is 8.05. The van der Waals surface area contributed by atoms with Gasteiger partial charge in [-0.15, -0.1) is 0 Å². The molecule has 0 radical (unpaired) electrons. The van der Waals surface area contributed by atoms with Crippen LogP contribution in [0.1, 0.15) is 17.3 Å². The molecular formula is C19H16N4O4. The lowest BCUT2D eigenvalue weighted by Crippen LogP contribution is -2.21. The zero-order chi connectivity index (χ0) is 19.2. The van der Waals surface area contributed by atoms with Gasteiger partial charge in [0.2, 0.25) is 5.91 Å². The van der Waals surface area contributed by atoms with E-state index in [1.807, 2.05) is 0 Å². The van der Waals surface area contributed by atoms with Gasteiger partial charge in [0.25, 0.3) is 5.91 Å². The number of rotatable bonds is 5. The van der Waals surface area contributed by atoms with Gasteiger partial charge in [-0.05, 0) is 36.4 Å². The van der Waals surface area contributed by atoms with Gasteiger partial charge < -0.3 is 15.4 Å². The molecule has 0 saturated carbocycles. The number of fused-ring (bicyclic) bond motifs is 1. The standard InChI is InChI=1S/C19H16N4O4/c1-12(24)22-14-3-2-4-15(10-14)23-18(25)11-27-19(26)13-5-6-16-17(9-13)21-8-7-20-16/h2-10H,11H2,1H3,(H,22,24)(H,23,25). The summed E-state index contributed by atoms with van der Waals surface area (Å²) >= 11 is 0. The maximum absolute atomic E-state index is 12.1. The van der Waals surface area contributed by atoms with Crippen LogP contribution in [0.3, 0.4) is 0 Å². The van der Waals surface area contributed by atoms with Gasteiger partial charge in [0.1, 0.15) is 0 Å². The molecule has 0 fully saturated rings. The van der Waals surface area contributed by atoms with E-state index in [0.29, 0.717) is 22.4 Å². The van der Waals surface area contributed by atoms with E-state index in [9.17, 15) is 14.4 Å². The summed E-state index contributed by atoms with van der Waals surface area (Å²) in [5.41, 5.74) is 2.53. The second-order valence-electron chi connectivity index (χ2n) is 5.65. The average Bonchev–Trinajstić information content (AvgIpc) is 2.65. The Morgan fingerprint density at radius 1 is 0.926 bits per heavy atom. The predicted octanol–water partition coefficient (Wildman–Crippen LogP) is 2.38. The van der Waals surface area contributed by atoms with Crippen molar-refractivity contribution in [1.29, 1.82) is 0 Å². The minimum Gasteiger partial charge on any atom is -0.452 e. The monoisotopic (exact) mass is 364 g/mol. The number of ether oxygens (including phenoxy) is 1. The van der Waals surface area contributed by atoms with Crippen molar-refractivity contribution < 1.29 is 19.1 Å². The van der Waals surface area contributed by atoms with Crippen LogP contribution in [-0.4, -0.2) is 34.4 Å². The molecule has 8 nitrogen and oxygen atoms in total. The fourth-order valence-electron chi connectivity index (χ4n) is 2.38. The molecule has 0 unspecified atom stereocenters. The summed E-state index contributed by atoms with van der Waals surface area (Å²) in [6.07, 6.45) is 3.09. The molecule has 0 saturated heterocycles. The summed E-state index contributed by atoms with van der Waals surface area (Å²) in [6.45, 7) is 0.949. The van der Waals surface area contributed by atoms with Crippen molar-refractivity contribution >= 4 is 40.2 Å². The van der Waals surface area contributed by atoms with Gasteiger partial charge in [-0.3, -0.25) is 19.6 Å². The third-order valence-corrected chi connectivity index (χ3v) is 3.51. The molecule has 27 heavy (non-hydrogen) atoms. The van der Waals surface area contributed by atoms with Crippen LogP contribution in [0, 0.1) is 0 Å². The molecule has 2 N–H and O–H groups in total. The predicted molar refractivity (Wildman–Crippen MR) is 99.2 cm³/mol. The van der Waals surface area contributed by atoms with Gasteiger partial charge in [-0.1, -0.05) is 6.07 Å². The number of carbonyl (C=O) groups excluding carboxylic acids is 3. The number of carbonyl (C=O) groups is 3. The topological polar surface area (TPSA) is 110 Å². The number of hydrogen-bond donors (Lipinski definition) is 2. The molecule has 0 aliphatic heterocycles. The lowest BCUT2D eigenvalue weighted by atomic mass is 10.2. The first kappa shape index (κ1) is 18.0. The van der Waals surface area contributed by atoms with Crippen molar-refractivity contribution in [2.75, 3.05) is 17.2 Å². The molecule has 136 valence electrons. The van der Waals surface area contributed by atoms with Gasteiger partial charge in [0.05, 0.1) is 16.6 Å². The molecule has 0 aliphatic carbocycles. The number of nitrogens with zero attached hydrogens (tertiary/aromatic N) is 2. The second-order valence-corrected chi connectivity index (χ2v) is 5.65. The van der Waals surface area contributed by atoms with Crippen molar-refractivity contribution in [3.05, 3.63) is 60.4 Å². The van der Waals surface area contributed by atoms with Gasteiger partial charge in [-0.2, -0.15) is 0 Å². The molecular weight excluding hydrogens is 348 g/mol. The van der Waals surface area contributed by atoms with E-state index in [1.165, 1.54) is 13.1 Å². The van der Waals surface area contributed by atoms with Crippen LogP contribution >= 0.6 is 0 Å². The van der Waals surface area contributed by atoms with E-state index in [0.717, 1.165) is 0 Å². The Bertz CT molecular complexity index is 1020. The molecule has 3 aromatic rings. The van der Waals surface area contributed by atoms with Crippen molar-refractivity contribution in [3.8, 4) is 0 Å². The number of hydrogen-bond acceptors (Lipinski definition) is 6. The number of aromatic nitrogens is 2. The van der Waals surface area contributed by atoms with E-state index in [2.05, 4.69) is 20.6 Å². The van der Waals surface area contributed by atoms with Crippen LogP contribution in [0.15, 0.2) is 54.9 Å². The quantitative estimate of drug-likeness (QED) is 0.673. The first-order chi connectivity index (χ1) is 13.0. The first-order valence-electron chi connectivity index (χ1n) is 8.07. The van der Waals surface area contributed by atoms with E-state index < -0.39 is 18.5 Å². The van der Waals surface area contributed by atoms with Gasteiger partial charge in [-0.25, -0.2) is 4.79 Å². The van der Waals surface area contributed by atoms with Crippen LogP contribution in [0.4, 0.5) is 11.4 Å². The van der Waals surface area contributed by atoms with Crippen molar-refractivity contribution in [3.63, 3.8) is 0 Å². The molecule has 0 bridgehead atoms. The van der Waals surface area contributed by atoms with Gasteiger partial charge >= 0.3 is 5.97 Å². The summed E-state index contributed by atoms with van der Waals surface area (Å²) < 4.78 is 5.04. The zero-order valence-electron chi connectivity index (χ0n) is 14.4. The summed E-state index contributed by atoms with van der Waals surface area (Å²) in [5, 5.41) is 5.22. The third kappa shape index (κ3) is 4.85. The Morgan fingerprint density at radius 2 is 1.63 bits per heavy atom. The Morgan fingerprint density at radius 3 is 2.37 bits per heavy atom. The molecule has 1 heterocycles. The number of nitrogens with one attached hydrogen (secondary N) is 2. The molecule has 0 atom stereocenters. The first-order valence-corrected chi connectivity index (χ1v) is 8.07. The van der Waals surface area contributed by atoms with Crippen molar-refractivity contribution in [2.24, 2.45) is 0 Å². The molecule has 2 amide bonds. The van der Waals surface area contributed by atoms with Crippen molar-refractivity contribution in [2.45, 2.75) is 6.92 Å². The van der Waals surface area contributed by atoms with Crippen LogP contribution < -0.4 is 10.6 Å². The smallest absolute Gasteiger partial charge is 0.338 e. The van der Waals surface area contributed by atoms with Crippen LogP contribution in [0.5, 0.6) is 0 Å². The molecule has 1 aromatic heterocycles. The van der Waals surface area contributed by atoms with Crippen LogP contribution in [0.2, 0.25) is 0 Å². The highest BCUT2D eigenvalue weighted by Gasteiger charge is 2.12. The fourth-order valence-corrected chi connectivity index (χ4v) is 2.38. The van der Waals surface area contributed by atoms with E-state index in [1.54, 1.807) is 48.7 Å². The minimum atomic E-state index is -0.635. The summed E-state index contributed by atoms with van der Waals surface area (Å²) in [6, 6.07) is 11.4. The lowest BCUT2D eigenvalue weighted by molar-refractivity contribution is -0.119. The number of esters is 1. The van der Waals surface area contributed by atoms with E-state index in [-0.39, 0.29) is 11.5 Å². The maximum atomic E-state index is 12.1. The molecule has 2 aromatic carbocycles. The normalized spacial score (nSPS) is 10.3. The summed E-state index contributed by atoms with van der Waals surface area (Å²) in [7, 11) is 0. The highest BCUT2D eigenvalue weighted by atomic mass is 16.5. The van der Waals surface area contributed by atoms with Crippen LogP contribution in [0.25, 0.3) is 11.0 Å². The van der Waals surface area contributed by atoms with Gasteiger partial charge in [0, 0.05) is 30.7 Å². The van der Waals surface area contributed by atoms with Gasteiger partial charge in [0.15, 0.2) is 6.61 Å². The molecule has 3 rings (SSSR count). The Balaban J connectivity index is 1.58. The average molecular weight is 364 g/mol. The Labute approximate surface area is 154 Å². The van der Waals surface area contributed by atoms with E-state index >= 15 is 0 Å². The van der Waals surface area contributed by atoms with E-state index in [4.69, 9.17) is 4.74 Å². The maximum Gasteiger partial charge on any atom is 0.338 e. The van der Waals surface area contributed by atoms with Crippen molar-refractivity contribution in [1.82, 2.24) is 9.97 Å². The summed E-state index contributed by atoms with van der Waals surface area (Å²) in [4.78, 5) is 43.4. The largest absolute Gasteiger partial charge is 0.452 e. The number of anilines is 2. The third-order valence-electron chi connectivity index (χ3n) is 3.51. The molecule has 8 heteroatoms. The minimum absolute atomic E-state index is 0.215. The lowest BCUT2D eigenvalue weighted by Gasteiger charge is -2.09. The molecule has 0 spiro atoms. The number of benzene rings is 2. The highest BCUT2D eigenvalue weighted by molar-refractivity contribution is 5.97. The SMILES string of the molecule is CC(=O)Nc1cccc(NC(=O)COC(=O)c2ccc3nccnc3c2)c1. The highest BCUT2D eigenvalue weighted by Crippen LogP contribution is 2.15. The zero-order valence-corrected chi connectivity index (χ0v) is 14.4. The molecule has 0 aliphatic rings.